The first-order valence-corrected chi connectivity index (χ1v) is 6.04. The van der Waals surface area contributed by atoms with Gasteiger partial charge in [0.05, 0.1) is 12.3 Å². The van der Waals surface area contributed by atoms with E-state index in [1.54, 1.807) is 12.1 Å². The minimum absolute atomic E-state index is 0.230. The lowest BCUT2D eigenvalue weighted by Crippen LogP contribution is -2.33. The van der Waals surface area contributed by atoms with Gasteiger partial charge in [0.15, 0.2) is 0 Å². The van der Waals surface area contributed by atoms with E-state index in [-0.39, 0.29) is 11.4 Å². The molecule has 3 rings (SSSR count). The standard InChI is InChI=1S/C14H15FN2O/c1-14(2)13-16-12(9-17(13)7-8-18-14)10-3-5-11(15)6-4-10/h3-6,9H,7-8H2,1-2H3. The van der Waals surface area contributed by atoms with Crippen LogP contribution in [0.15, 0.2) is 30.5 Å². The van der Waals surface area contributed by atoms with Crippen molar-refractivity contribution in [1.29, 1.82) is 0 Å². The van der Waals surface area contributed by atoms with Crippen LogP contribution in [-0.4, -0.2) is 16.2 Å². The molecule has 2 aromatic rings. The van der Waals surface area contributed by atoms with Crippen molar-refractivity contribution in [1.82, 2.24) is 9.55 Å². The summed E-state index contributed by atoms with van der Waals surface area (Å²) >= 11 is 0. The van der Waals surface area contributed by atoms with Crippen LogP contribution in [0.5, 0.6) is 0 Å². The Bertz CT molecular complexity index is 572. The second kappa shape index (κ2) is 3.92. The van der Waals surface area contributed by atoms with Crippen LogP contribution in [0.25, 0.3) is 11.3 Å². The molecule has 0 unspecified atom stereocenters. The lowest BCUT2D eigenvalue weighted by atomic mass is 10.1. The molecule has 0 N–H and O–H groups in total. The van der Waals surface area contributed by atoms with Crippen LogP contribution in [0.3, 0.4) is 0 Å². The number of nitrogens with zero attached hydrogens (tertiary/aromatic N) is 2. The molecule has 0 amide bonds. The van der Waals surface area contributed by atoms with Gasteiger partial charge in [0, 0.05) is 18.3 Å². The number of fused-ring (bicyclic) bond motifs is 1. The molecule has 94 valence electrons. The highest BCUT2D eigenvalue weighted by molar-refractivity contribution is 5.58. The van der Waals surface area contributed by atoms with Gasteiger partial charge in [-0.2, -0.15) is 0 Å². The molecule has 0 bridgehead atoms. The number of hydrogen-bond donors (Lipinski definition) is 0. The average Bonchev–Trinajstić information content (AvgIpc) is 2.75. The summed E-state index contributed by atoms with van der Waals surface area (Å²) < 4.78 is 20.7. The van der Waals surface area contributed by atoms with Gasteiger partial charge in [-0.3, -0.25) is 0 Å². The van der Waals surface area contributed by atoms with Gasteiger partial charge >= 0.3 is 0 Å². The van der Waals surface area contributed by atoms with Gasteiger partial charge in [-0.15, -0.1) is 0 Å². The van der Waals surface area contributed by atoms with E-state index in [0.717, 1.165) is 23.6 Å². The molecule has 0 spiro atoms. The summed E-state index contributed by atoms with van der Waals surface area (Å²) in [4.78, 5) is 4.62. The highest BCUT2D eigenvalue weighted by Crippen LogP contribution is 2.30. The van der Waals surface area contributed by atoms with Crippen molar-refractivity contribution in [2.75, 3.05) is 6.61 Å². The summed E-state index contributed by atoms with van der Waals surface area (Å²) in [6.07, 6.45) is 2.01. The van der Waals surface area contributed by atoms with E-state index in [0.29, 0.717) is 6.61 Å². The monoisotopic (exact) mass is 246 g/mol. The molecule has 1 aromatic heterocycles. The van der Waals surface area contributed by atoms with Crippen LogP contribution in [0.2, 0.25) is 0 Å². The average molecular weight is 246 g/mol. The first-order valence-electron chi connectivity index (χ1n) is 6.04. The largest absolute Gasteiger partial charge is 0.366 e. The molecule has 2 heterocycles. The molecule has 4 heteroatoms. The van der Waals surface area contributed by atoms with E-state index < -0.39 is 0 Å². The maximum absolute atomic E-state index is 12.9. The summed E-state index contributed by atoms with van der Waals surface area (Å²) in [5.41, 5.74) is 1.42. The molecule has 0 saturated heterocycles. The van der Waals surface area contributed by atoms with Crippen molar-refractivity contribution < 1.29 is 9.13 Å². The van der Waals surface area contributed by atoms with Crippen LogP contribution in [-0.2, 0) is 16.9 Å². The SMILES string of the molecule is CC1(C)OCCn2cc(-c3ccc(F)cc3)nc21. The minimum Gasteiger partial charge on any atom is -0.366 e. The number of hydrogen-bond acceptors (Lipinski definition) is 2. The van der Waals surface area contributed by atoms with Gasteiger partial charge in [0.1, 0.15) is 17.2 Å². The Morgan fingerprint density at radius 3 is 2.67 bits per heavy atom. The van der Waals surface area contributed by atoms with Gasteiger partial charge < -0.3 is 9.30 Å². The molecule has 0 saturated carbocycles. The number of imidazole rings is 1. The Hall–Kier alpha value is -1.68. The summed E-state index contributed by atoms with van der Waals surface area (Å²) in [5.74, 6) is 0.694. The highest BCUT2D eigenvalue weighted by atomic mass is 19.1. The summed E-state index contributed by atoms with van der Waals surface area (Å²) in [6.45, 7) is 5.53. The van der Waals surface area contributed by atoms with E-state index in [9.17, 15) is 4.39 Å². The van der Waals surface area contributed by atoms with Crippen LogP contribution in [0.4, 0.5) is 4.39 Å². The predicted octanol–water partition coefficient (Wildman–Crippen LogP) is 2.95. The zero-order chi connectivity index (χ0) is 12.8. The van der Waals surface area contributed by atoms with Crippen LogP contribution in [0, 0.1) is 5.82 Å². The Balaban J connectivity index is 2.05. The topological polar surface area (TPSA) is 27.1 Å². The van der Waals surface area contributed by atoms with Crippen LogP contribution < -0.4 is 0 Å². The Labute approximate surface area is 105 Å². The number of ether oxygens (including phenoxy) is 1. The summed E-state index contributed by atoms with van der Waals surface area (Å²) in [6, 6.07) is 6.40. The summed E-state index contributed by atoms with van der Waals surface area (Å²) in [5, 5.41) is 0. The van der Waals surface area contributed by atoms with Gasteiger partial charge in [0.25, 0.3) is 0 Å². The second-order valence-corrected chi connectivity index (χ2v) is 5.01. The van der Waals surface area contributed by atoms with E-state index in [4.69, 9.17) is 4.74 Å². The van der Waals surface area contributed by atoms with Crippen LogP contribution in [0.1, 0.15) is 19.7 Å². The molecular formula is C14H15FN2O. The molecule has 1 aliphatic heterocycles. The predicted molar refractivity (Wildman–Crippen MR) is 66.6 cm³/mol. The fourth-order valence-corrected chi connectivity index (χ4v) is 2.29. The van der Waals surface area contributed by atoms with Crippen molar-refractivity contribution in [2.24, 2.45) is 0 Å². The lowest BCUT2D eigenvalue weighted by Gasteiger charge is -2.30. The third-order valence-electron chi connectivity index (χ3n) is 3.25. The highest BCUT2D eigenvalue weighted by Gasteiger charge is 2.31. The molecule has 0 atom stereocenters. The Morgan fingerprint density at radius 1 is 1.28 bits per heavy atom. The maximum Gasteiger partial charge on any atom is 0.141 e. The molecule has 1 aliphatic rings. The first kappa shape index (κ1) is 11.4. The quantitative estimate of drug-likeness (QED) is 0.773. The van der Waals surface area contributed by atoms with Crippen molar-refractivity contribution in [3.05, 3.63) is 42.1 Å². The van der Waals surface area contributed by atoms with Crippen molar-refractivity contribution in [3.63, 3.8) is 0 Å². The van der Waals surface area contributed by atoms with Gasteiger partial charge in [-0.05, 0) is 38.1 Å². The maximum atomic E-state index is 12.9. The first-order chi connectivity index (χ1) is 8.56. The zero-order valence-electron chi connectivity index (χ0n) is 10.5. The normalized spacial score (nSPS) is 17.5. The number of halogens is 1. The van der Waals surface area contributed by atoms with Crippen molar-refractivity contribution in [3.8, 4) is 11.3 Å². The third kappa shape index (κ3) is 1.82. The van der Waals surface area contributed by atoms with E-state index in [1.807, 2.05) is 20.0 Å². The Morgan fingerprint density at radius 2 is 2.00 bits per heavy atom. The minimum atomic E-state index is -0.365. The lowest BCUT2D eigenvalue weighted by molar-refractivity contribution is -0.0538. The smallest absolute Gasteiger partial charge is 0.141 e. The fourth-order valence-electron chi connectivity index (χ4n) is 2.29. The van der Waals surface area contributed by atoms with E-state index in [1.165, 1.54) is 12.1 Å². The molecule has 0 aliphatic carbocycles. The Kier molecular flexibility index (Phi) is 2.48. The van der Waals surface area contributed by atoms with Gasteiger partial charge in [-0.25, -0.2) is 9.37 Å². The number of aromatic nitrogens is 2. The van der Waals surface area contributed by atoms with E-state index >= 15 is 0 Å². The molecule has 1 aromatic carbocycles. The van der Waals surface area contributed by atoms with Crippen molar-refractivity contribution >= 4 is 0 Å². The number of benzene rings is 1. The van der Waals surface area contributed by atoms with Crippen molar-refractivity contribution in [2.45, 2.75) is 26.0 Å². The molecule has 0 radical (unpaired) electrons. The molecular weight excluding hydrogens is 231 g/mol. The fraction of sp³-hybridized carbons (Fsp3) is 0.357. The molecule has 0 fully saturated rings. The summed E-state index contributed by atoms with van der Waals surface area (Å²) in [7, 11) is 0. The molecule has 3 nitrogen and oxygen atoms in total. The van der Waals surface area contributed by atoms with Gasteiger partial charge in [0.2, 0.25) is 0 Å². The number of rotatable bonds is 1. The zero-order valence-corrected chi connectivity index (χ0v) is 10.5. The van der Waals surface area contributed by atoms with E-state index in [2.05, 4.69) is 9.55 Å². The molecule has 18 heavy (non-hydrogen) atoms. The van der Waals surface area contributed by atoms with Gasteiger partial charge in [-0.1, -0.05) is 0 Å². The third-order valence-corrected chi connectivity index (χ3v) is 3.25. The van der Waals surface area contributed by atoms with Crippen LogP contribution >= 0.6 is 0 Å². The second-order valence-electron chi connectivity index (χ2n) is 5.01.